The number of carbonyl (C=O) groups is 2. The fourth-order valence-corrected chi connectivity index (χ4v) is 4.34. The van der Waals surface area contributed by atoms with Crippen molar-refractivity contribution >= 4 is 17.5 Å². The lowest BCUT2D eigenvalue weighted by Crippen LogP contribution is -2.41. The fraction of sp³-hybridized carbons (Fsp3) is 0.188. The van der Waals surface area contributed by atoms with Crippen LogP contribution in [0.4, 0.5) is 10.1 Å². The van der Waals surface area contributed by atoms with Crippen molar-refractivity contribution in [2.75, 3.05) is 19.5 Å². The number of benzene rings is 4. The molecule has 0 heterocycles. The summed E-state index contributed by atoms with van der Waals surface area (Å²) in [5.74, 6) is -0.324. The third kappa shape index (κ3) is 7.02. The number of carbonyl (C=O) groups excluding carboxylic acids is 2. The summed E-state index contributed by atoms with van der Waals surface area (Å²) >= 11 is 0. The van der Waals surface area contributed by atoms with Gasteiger partial charge in [-0.15, -0.1) is 0 Å². The molecular weight excluding hydrogens is 495 g/mol. The molecular formula is C32H31FN2O4. The molecule has 4 rings (SSSR count). The van der Waals surface area contributed by atoms with E-state index in [4.69, 9.17) is 9.47 Å². The molecule has 2 amide bonds. The first-order valence-corrected chi connectivity index (χ1v) is 12.5. The Hall–Kier alpha value is -4.65. The van der Waals surface area contributed by atoms with Gasteiger partial charge in [0, 0.05) is 12.6 Å². The molecule has 4 aromatic carbocycles. The van der Waals surface area contributed by atoms with E-state index in [1.165, 1.54) is 37.3 Å². The predicted molar refractivity (Wildman–Crippen MR) is 149 cm³/mol. The van der Waals surface area contributed by atoms with Gasteiger partial charge in [0.05, 0.1) is 26.3 Å². The Morgan fingerprint density at radius 1 is 0.846 bits per heavy atom. The van der Waals surface area contributed by atoms with Crippen molar-refractivity contribution in [1.82, 2.24) is 4.90 Å². The topological polar surface area (TPSA) is 67.9 Å². The fourth-order valence-electron chi connectivity index (χ4n) is 4.34. The van der Waals surface area contributed by atoms with Gasteiger partial charge in [-0.2, -0.15) is 0 Å². The standard InChI is InChI=1S/C32H31FN2O4/c1-22-12-14-24(15-13-22)21-35(30(36)18-23-8-5-4-6-9-23)31(25-10-7-11-26(33)19-25)32(37)34-28-17-16-27(38-2)20-29(28)39-3/h4-17,19-20,31H,18,21H2,1-3H3,(H,34,37). The van der Waals surface area contributed by atoms with E-state index >= 15 is 0 Å². The third-order valence-electron chi connectivity index (χ3n) is 6.38. The Bertz CT molecular complexity index is 1420. The number of ether oxygens (including phenoxy) is 2. The molecule has 200 valence electrons. The summed E-state index contributed by atoms with van der Waals surface area (Å²) in [4.78, 5) is 29.3. The summed E-state index contributed by atoms with van der Waals surface area (Å²) in [7, 11) is 3.02. The van der Waals surface area contributed by atoms with Gasteiger partial charge in [-0.05, 0) is 47.9 Å². The van der Waals surface area contributed by atoms with Gasteiger partial charge in [-0.3, -0.25) is 9.59 Å². The molecule has 1 atom stereocenters. The molecule has 0 aliphatic rings. The summed E-state index contributed by atoms with van der Waals surface area (Å²) in [5.41, 5.74) is 3.49. The molecule has 0 radical (unpaired) electrons. The van der Waals surface area contributed by atoms with Crippen LogP contribution in [0, 0.1) is 12.7 Å². The molecule has 0 bridgehead atoms. The maximum absolute atomic E-state index is 14.4. The van der Waals surface area contributed by atoms with Crippen LogP contribution < -0.4 is 14.8 Å². The van der Waals surface area contributed by atoms with E-state index in [9.17, 15) is 14.0 Å². The van der Waals surface area contributed by atoms with Crippen LogP contribution in [0.3, 0.4) is 0 Å². The quantitative estimate of drug-likeness (QED) is 0.271. The summed E-state index contributed by atoms with van der Waals surface area (Å²) < 4.78 is 25.1. The zero-order chi connectivity index (χ0) is 27.8. The minimum Gasteiger partial charge on any atom is -0.497 e. The van der Waals surface area contributed by atoms with Gasteiger partial charge in [-0.25, -0.2) is 4.39 Å². The highest BCUT2D eigenvalue weighted by atomic mass is 19.1. The van der Waals surface area contributed by atoms with Crippen LogP contribution in [-0.2, 0) is 22.6 Å². The van der Waals surface area contributed by atoms with Crippen LogP contribution >= 0.6 is 0 Å². The SMILES string of the molecule is COc1ccc(NC(=O)C(c2cccc(F)c2)N(Cc2ccc(C)cc2)C(=O)Cc2ccccc2)c(OC)c1. The highest BCUT2D eigenvalue weighted by Crippen LogP contribution is 2.32. The van der Waals surface area contributed by atoms with E-state index in [0.29, 0.717) is 22.7 Å². The summed E-state index contributed by atoms with van der Waals surface area (Å²) in [6, 6.07) is 26.7. The maximum atomic E-state index is 14.4. The van der Waals surface area contributed by atoms with Crippen LogP contribution in [0.25, 0.3) is 0 Å². The second-order valence-electron chi connectivity index (χ2n) is 9.18. The lowest BCUT2D eigenvalue weighted by Gasteiger charge is -2.32. The van der Waals surface area contributed by atoms with Crippen molar-refractivity contribution in [1.29, 1.82) is 0 Å². The molecule has 0 saturated heterocycles. The molecule has 39 heavy (non-hydrogen) atoms. The second-order valence-corrected chi connectivity index (χ2v) is 9.18. The largest absolute Gasteiger partial charge is 0.497 e. The molecule has 0 aromatic heterocycles. The minimum atomic E-state index is -1.12. The smallest absolute Gasteiger partial charge is 0.251 e. The Morgan fingerprint density at radius 2 is 1.59 bits per heavy atom. The van der Waals surface area contributed by atoms with Crippen LogP contribution in [0.2, 0.25) is 0 Å². The summed E-state index contributed by atoms with van der Waals surface area (Å²) in [5, 5.41) is 2.89. The highest BCUT2D eigenvalue weighted by molar-refractivity contribution is 5.99. The van der Waals surface area contributed by atoms with E-state index in [2.05, 4.69) is 5.32 Å². The van der Waals surface area contributed by atoms with Crippen molar-refractivity contribution in [3.05, 3.63) is 125 Å². The average molecular weight is 527 g/mol. The van der Waals surface area contributed by atoms with E-state index in [0.717, 1.165) is 16.7 Å². The van der Waals surface area contributed by atoms with Crippen molar-refractivity contribution in [2.24, 2.45) is 0 Å². The second kappa shape index (κ2) is 12.7. The molecule has 4 aromatic rings. The van der Waals surface area contributed by atoms with Crippen LogP contribution in [-0.4, -0.2) is 30.9 Å². The van der Waals surface area contributed by atoms with Gasteiger partial charge in [0.25, 0.3) is 5.91 Å². The number of nitrogens with zero attached hydrogens (tertiary/aromatic N) is 1. The number of aryl methyl sites for hydroxylation is 1. The molecule has 7 heteroatoms. The Balaban J connectivity index is 1.76. The van der Waals surface area contributed by atoms with Crippen LogP contribution in [0.15, 0.2) is 97.1 Å². The molecule has 0 aliphatic heterocycles. The number of rotatable bonds is 10. The number of halogens is 1. The van der Waals surface area contributed by atoms with E-state index in [1.54, 1.807) is 24.3 Å². The summed E-state index contributed by atoms with van der Waals surface area (Å²) in [6.45, 7) is 2.13. The van der Waals surface area contributed by atoms with E-state index in [-0.39, 0.29) is 18.9 Å². The Kier molecular flexibility index (Phi) is 8.94. The van der Waals surface area contributed by atoms with E-state index < -0.39 is 17.8 Å². The van der Waals surface area contributed by atoms with Crippen LogP contribution in [0.1, 0.15) is 28.3 Å². The molecule has 0 spiro atoms. The molecule has 6 nitrogen and oxygen atoms in total. The number of amides is 2. The molecule has 0 fully saturated rings. The van der Waals surface area contributed by atoms with Gasteiger partial charge in [-0.1, -0.05) is 72.3 Å². The maximum Gasteiger partial charge on any atom is 0.251 e. The molecule has 1 N–H and O–H groups in total. The first-order valence-electron chi connectivity index (χ1n) is 12.5. The van der Waals surface area contributed by atoms with E-state index in [1.807, 2.05) is 61.5 Å². The first-order chi connectivity index (χ1) is 18.9. The van der Waals surface area contributed by atoms with Gasteiger partial charge in [0.1, 0.15) is 23.4 Å². The number of hydrogen-bond acceptors (Lipinski definition) is 4. The Morgan fingerprint density at radius 3 is 2.26 bits per heavy atom. The highest BCUT2D eigenvalue weighted by Gasteiger charge is 2.32. The van der Waals surface area contributed by atoms with Crippen molar-refractivity contribution in [2.45, 2.75) is 25.9 Å². The Labute approximate surface area is 228 Å². The van der Waals surface area contributed by atoms with Crippen molar-refractivity contribution in [3.63, 3.8) is 0 Å². The molecule has 0 aliphatic carbocycles. The molecule has 0 saturated carbocycles. The minimum absolute atomic E-state index is 0.0810. The summed E-state index contributed by atoms with van der Waals surface area (Å²) in [6.07, 6.45) is 0.0810. The van der Waals surface area contributed by atoms with Gasteiger partial charge < -0.3 is 19.7 Å². The van der Waals surface area contributed by atoms with Gasteiger partial charge in [0.2, 0.25) is 5.91 Å². The van der Waals surface area contributed by atoms with Gasteiger partial charge in [0.15, 0.2) is 0 Å². The zero-order valence-electron chi connectivity index (χ0n) is 22.2. The number of hydrogen-bond donors (Lipinski definition) is 1. The molecule has 1 unspecified atom stereocenters. The number of nitrogens with one attached hydrogen (secondary N) is 1. The normalized spacial score (nSPS) is 11.4. The predicted octanol–water partition coefficient (Wildman–Crippen LogP) is 6.10. The van der Waals surface area contributed by atoms with Crippen LogP contribution in [0.5, 0.6) is 11.5 Å². The van der Waals surface area contributed by atoms with Gasteiger partial charge >= 0.3 is 0 Å². The number of methoxy groups -OCH3 is 2. The number of anilines is 1. The third-order valence-corrected chi connectivity index (χ3v) is 6.38. The average Bonchev–Trinajstić information content (AvgIpc) is 2.94. The van der Waals surface area contributed by atoms with Crippen molar-refractivity contribution in [3.8, 4) is 11.5 Å². The first kappa shape index (κ1) is 27.4. The van der Waals surface area contributed by atoms with Crippen molar-refractivity contribution < 1.29 is 23.5 Å². The zero-order valence-corrected chi connectivity index (χ0v) is 22.2. The monoisotopic (exact) mass is 526 g/mol. The lowest BCUT2D eigenvalue weighted by molar-refractivity contribution is -0.139. The lowest BCUT2D eigenvalue weighted by atomic mass is 10.0.